The van der Waals surface area contributed by atoms with Gasteiger partial charge in [0.05, 0.1) is 11.4 Å². The molecule has 3 aromatic rings. The van der Waals surface area contributed by atoms with Crippen LogP contribution < -0.4 is 5.32 Å². The van der Waals surface area contributed by atoms with E-state index in [1.54, 1.807) is 6.20 Å². The Morgan fingerprint density at radius 3 is 2.77 bits per heavy atom. The molecule has 4 rings (SSSR count). The zero-order valence-electron chi connectivity index (χ0n) is 20.6. The third-order valence-corrected chi connectivity index (χ3v) is 7.60. The van der Waals surface area contributed by atoms with Gasteiger partial charge in [0.2, 0.25) is 0 Å². The second-order valence-electron chi connectivity index (χ2n) is 9.80. The summed E-state index contributed by atoms with van der Waals surface area (Å²) >= 11 is 0. The fourth-order valence-electron chi connectivity index (χ4n) is 5.56. The summed E-state index contributed by atoms with van der Waals surface area (Å²) in [5, 5.41) is 13.3. The molecule has 4 heteroatoms. The summed E-state index contributed by atoms with van der Waals surface area (Å²) in [5.41, 5.74) is 5.77. The van der Waals surface area contributed by atoms with E-state index in [-0.39, 0.29) is 11.3 Å². The molecular weight excluding hydrogens is 432 g/mol. The predicted octanol–water partition coefficient (Wildman–Crippen LogP) is 5.87. The van der Waals surface area contributed by atoms with Gasteiger partial charge in [-0.1, -0.05) is 49.2 Å². The van der Waals surface area contributed by atoms with Gasteiger partial charge in [0.1, 0.15) is 6.10 Å². The average molecular weight is 467 g/mol. The number of aliphatic hydroxyl groups is 1. The number of anilines is 1. The maximum Gasteiger partial charge on any atom is 0.255 e. The van der Waals surface area contributed by atoms with E-state index in [2.05, 4.69) is 59.5 Å². The van der Waals surface area contributed by atoms with Crippen LogP contribution in [0.15, 0.2) is 66.9 Å². The molecule has 0 radical (unpaired) electrons. The van der Waals surface area contributed by atoms with Crippen LogP contribution in [0.1, 0.15) is 65.3 Å². The Morgan fingerprint density at radius 1 is 1.23 bits per heavy atom. The molecule has 0 aliphatic heterocycles. The second kappa shape index (κ2) is 10.9. The number of carbonyl (C=O) groups is 1. The molecule has 1 aliphatic carbocycles. The Bertz CT molecular complexity index is 1210. The zero-order chi connectivity index (χ0) is 24.8. The fraction of sp³-hybridized carbons (Fsp3) is 0.355. The molecule has 0 saturated heterocycles. The molecule has 1 aromatic heterocycles. The topological polar surface area (TPSA) is 62.2 Å². The van der Waals surface area contributed by atoms with Crippen molar-refractivity contribution in [3.63, 3.8) is 0 Å². The van der Waals surface area contributed by atoms with E-state index in [9.17, 15) is 9.90 Å². The van der Waals surface area contributed by atoms with Gasteiger partial charge in [0.15, 0.2) is 0 Å². The van der Waals surface area contributed by atoms with Gasteiger partial charge < -0.3 is 10.4 Å². The van der Waals surface area contributed by atoms with Gasteiger partial charge >= 0.3 is 0 Å². The molecule has 0 fully saturated rings. The maximum absolute atomic E-state index is 13.1. The van der Waals surface area contributed by atoms with Gasteiger partial charge in [0, 0.05) is 17.2 Å². The first-order valence-electron chi connectivity index (χ1n) is 12.5. The van der Waals surface area contributed by atoms with E-state index in [4.69, 9.17) is 6.42 Å². The van der Waals surface area contributed by atoms with Crippen LogP contribution >= 0.6 is 0 Å². The van der Waals surface area contributed by atoms with Crippen LogP contribution in [0, 0.1) is 25.2 Å². The summed E-state index contributed by atoms with van der Waals surface area (Å²) in [6.45, 7) is 4.21. The Kier molecular flexibility index (Phi) is 7.68. The summed E-state index contributed by atoms with van der Waals surface area (Å²) < 4.78 is 0. The first kappa shape index (κ1) is 24.7. The number of fused-ring (bicyclic) bond motifs is 1. The lowest BCUT2D eigenvalue weighted by Crippen LogP contribution is -2.37. The lowest BCUT2D eigenvalue weighted by Gasteiger charge is -2.41. The molecule has 35 heavy (non-hydrogen) atoms. The van der Waals surface area contributed by atoms with Crippen molar-refractivity contribution in [1.82, 2.24) is 4.98 Å². The van der Waals surface area contributed by atoms with E-state index in [1.165, 1.54) is 16.7 Å². The largest absolute Gasteiger partial charge is 0.380 e. The van der Waals surface area contributed by atoms with Crippen molar-refractivity contribution < 1.29 is 9.90 Å². The Balaban J connectivity index is 1.73. The summed E-state index contributed by atoms with van der Waals surface area (Å²) in [6.07, 6.45) is 11.8. The van der Waals surface area contributed by atoms with Crippen molar-refractivity contribution in [2.45, 2.75) is 63.9 Å². The molecule has 4 nitrogen and oxygen atoms in total. The quantitative estimate of drug-likeness (QED) is 0.338. The summed E-state index contributed by atoms with van der Waals surface area (Å²) in [4.78, 5) is 17.4. The minimum absolute atomic E-state index is 0.127. The molecule has 0 saturated carbocycles. The van der Waals surface area contributed by atoms with E-state index >= 15 is 0 Å². The summed E-state index contributed by atoms with van der Waals surface area (Å²) in [6, 6.07) is 20.4. The van der Waals surface area contributed by atoms with Gasteiger partial charge in [-0.2, -0.15) is 0 Å². The van der Waals surface area contributed by atoms with E-state index < -0.39 is 6.10 Å². The number of rotatable bonds is 7. The molecule has 0 spiro atoms. The molecule has 2 aromatic carbocycles. The molecule has 1 unspecified atom stereocenters. The smallest absolute Gasteiger partial charge is 0.255 e. The lowest BCUT2D eigenvalue weighted by molar-refractivity contribution is 0.102. The molecule has 1 amide bonds. The summed E-state index contributed by atoms with van der Waals surface area (Å²) in [7, 11) is 0. The normalized spacial score (nSPS) is 20.2. The van der Waals surface area contributed by atoms with E-state index in [0.29, 0.717) is 17.9 Å². The third-order valence-electron chi connectivity index (χ3n) is 7.60. The number of aliphatic hydroxyl groups excluding tert-OH is 1. The minimum atomic E-state index is -0.755. The van der Waals surface area contributed by atoms with Crippen molar-refractivity contribution in [1.29, 1.82) is 0 Å². The fourth-order valence-corrected chi connectivity index (χ4v) is 5.56. The highest BCUT2D eigenvalue weighted by molar-refractivity contribution is 6.04. The van der Waals surface area contributed by atoms with E-state index in [0.717, 1.165) is 43.5 Å². The first-order chi connectivity index (χ1) is 16.9. The highest BCUT2D eigenvalue weighted by Crippen LogP contribution is 2.46. The molecule has 1 heterocycles. The Labute approximate surface area is 208 Å². The molecule has 2 N–H and O–H groups in total. The lowest BCUT2D eigenvalue weighted by atomic mass is 9.63. The van der Waals surface area contributed by atoms with Crippen molar-refractivity contribution in [3.05, 3.63) is 94.8 Å². The molecule has 3 atom stereocenters. The number of hydrogen-bond donors (Lipinski definition) is 2. The molecule has 1 aliphatic rings. The van der Waals surface area contributed by atoms with Crippen LogP contribution in [0.4, 0.5) is 5.69 Å². The van der Waals surface area contributed by atoms with Crippen LogP contribution in [-0.4, -0.2) is 22.1 Å². The monoisotopic (exact) mass is 466 g/mol. The number of aryl methyl sites for hydroxylation is 2. The van der Waals surface area contributed by atoms with Gasteiger partial charge in [-0.25, -0.2) is 0 Å². The number of terminal acetylenes is 1. The number of benzene rings is 2. The van der Waals surface area contributed by atoms with Crippen molar-refractivity contribution in [3.8, 4) is 12.3 Å². The van der Waals surface area contributed by atoms with Gasteiger partial charge in [0.25, 0.3) is 5.91 Å². The Hall–Kier alpha value is -3.42. The number of nitrogens with zero attached hydrogens (tertiary/aromatic N) is 1. The van der Waals surface area contributed by atoms with E-state index in [1.807, 2.05) is 31.2 Å². The average Bonchev–Trinajstić information content (AvgIpc) is 3.00. The first-order valence-corrected chi connectivity index (χ1v) is 12.5. The number of amides is 1. The SMILES string of the molecule is C#CC(O)CC[C@@]1(Cc2ccccc2)c2ccc(C(=O)Nc3cccnc3C)cc2CCC[C@H]1C. The van der Waals surface area contributed by atoms with Crippen LogP contribution in [0.25, 0.3) is 0 Å². The van der Waals surface area contributed by atoms with Crippen molar-refractivity contribution >= 4 is 11.6 Å². The van der Waals surface area contributed by atoms with Crippen LogP contribution in [-0.2, 0) is 18.3 Å². The Morgan fingerprint density at radius 2 is 2.03 bits per heavy atom. The van der Waals surface area contributed by atoms with Crippen molar-refractivity contribution in [2.75, 3.05) is 5.32 Å². The number of aromatic nitrogens is 1. The van der Waals surface area contributed by atoms with Gasteiger partial charge in [-0.3, -0.25) is 9.78 Å². The molecule has 0 bridgehead atoms. The molecule has 180 valence electrons. The number of pyridine rings is 1. The number of hydrogen-bond acceptors (Lipinski definition) is 3. The standard InChI is InChI=1S/C31H34N2O2/c1-4-27(34)17-18-31(21-24-11-6-5-7-12-24)22(2)10-8-13-25-20-26(15-16-28(25)31)30(35)33-29-14-9-19-32-23(29)3/h1,5-7,9,11-12,14-16,19-20,22,27,34H,8,10,13,17-18,21H2,2-3H3,(H,33,35)/t22-,27?,31+/m1/s1. The van der Waals surface area contributed by atoms with Crippen molar-refractivity contribution in [2.24, 2.45) is 5.92 Å². The number of carbonyl (C=O) groups excluding carboxylic acids is 1. The highest BCUT2D eigenvalue weighted by atomic mass is 16.3. The number of nitrogens with one attached hydrogen (secondary N) is 1. The highest BCUT2D eigenvalue weighted by Gasteiger charge is 2.41. The van der Waals surface area contributed by atoms with Crippen LogP contribution in [0.2, 0.25) is 0 Å². The maximum atomic E-state index is 13.1. The minimum Gasteiger partial charge on any atom is -0.380 e. The van der Waals surface area contributed by atoms with Gasteiger partial charge in [-0.05, 0) is 92.3 Å². The third kappa shape index (κ3) is 5.47. The van der Waals surface area contributed by atoms with Gasteiger partial charge in [-0.15, -0.1) is 6.42 Å². The predicted molar refractivity (Wildman–Crippen MR) is 141 cm³/mol. The second-order valence-corrected chi connectivity index (χ2v) is 9.80. The molecular formula is C31H34N2O2. The van der Waals surface area contributed by atoms with Crippen LogP contribution in [0.3, 0.4) is 0 Å². The van der Waals surface area contributed by atoms with Crippen LogP contribution in [0.5, 0.6) is 0 Å². The summed E-state index contributed by atoms with van der Waals surface area (Å²) in [5.74, 6) is 2.77. The zero-order valence-corrected chi connectivity index (χ0v) is 20.6.